The third-order valence-electron chi connectivity index (χ3n) is 2.74. The van der Waals surface area contributed by atoms with Crippen molar-refractivity contribution in [2.75, 3.05) is 25.4 Å². The van der Waals surface area contributed by atoms with E-state index < -0.39 is 6.10 Å². The molecule has 6 heteroatoms. The zero-order chi connectivity index (χ0) is 13.1. The second-order valence-electron chi connectivity index (χ2n) is 3.97. The molecule has 1 aromatic rings. The Morgan fingerprint density at radius 2 is 2.39 bits per heavy atom. The van der Waals surface area contributed by atoms with Gasteiger partial charge in [-0.3, -0.25) is 4.79 Å². The summed E-state index contributed by atoms with van der Waals surface area (Å²) in [5.41, 5.74) is 6.51. The molecule has 18 heavy (non-hydrogen) atoms. The van der Waals surface area contributed by atoms with Crippen LogP contribution in [0.3, 0.4) is 0 Å². The third-order valence-corrected chi connectivity index (χ3v) is 2.98. The minimum atomic E-state index is -0.573. The molecule has 94 valence electrons. The van der Waals surface area contributed by atoms with Crippen LogP contribution in [0.15, 0.2) is 18.2 Å². The number of halogens is 1. The Morgan fingerprint density at radius 1 is 1.61 bits per heavy atom. The lowest BCUT2D eigenvalue weighted by atomic mass is 10.1. The highest BCUT2D eigenvalue weighted by atomic mass is 35.5. The van der Waals surface area contributed by atoms with Gasteiger partial charge in [0.25, 0.3) is 5.91 Å². The van der Waals surface area contributed by atoms with Gasteiger partial charge >= 0.3 is 0 Å². The van der Waals surface area contributed by atoms with Gasteiger partial charge in [0.15, 0.2) is 6.10 Å². The van der Waals surface area contributed by atoms with Crippen LogP contribution in [0.25, 0.3) is 0 Å². The number of nitrogens with two attached hydrogens (primary N) is 1. The number of nitriles is 1. The molecule has 1 aliphatic rings. The van der Waals surface area contributed by atoms with Crippen molar-refractivity contribution in [1.82, 2.24) is 4.90 Å². The molecule has 1 saturated heterocycles. The Morgan fingerprint density at radius 3 is 3.06 bits per heavy atom. The van der Waals surface area contributed by atoms with Gasteiger partial charge in [-0.2, -0.15) is 5.26 Å². The predicted molar refractivity (Wildman–Crippen MR) is 67.1 cm³/mol. The quantitative estimate of drug-likeness (QED) is 0.776. The highest BCUT2D eigenvalue weighted by molar-refractivity contribution is 6.31. The highest BCUT2D eigenvalue weighted by Crippen LogP contribution is 2.20. The molecule has 2 rings (SSSR count). The van der Waals surface area contributed by atoms with Crippen LogP contribution in [0.5, 0.6) is 0 Å². The van der Waals surface area contributed by atoms with Gasteiger partial charge in [-0.25, -0.2) is 0 Å². The van der Waals surface area contributed by atoms with E-state index in [1.807, 2.05) is 6.07 Å². The third kappa shape index (κ3) is 2.55. The summed E-state index contributed by atoms with van der Waals surface area (Å²) in [5.74, 6) is -0.201. The smallest absolute Gasteiger partial charge is 0.256 e. The number of hydrogen-bond acceptors (Lipinski definition) is 4. The van der Waals surface area contributed by atoms with Gasteiger partial charge in [-0.15, -0.1) is 0 Å². The molecular formula is C12H12ClN3O2. The molecule has 1 unspecified atom stereocenters. The Labute approximate surface area is 110 Å². The summed E-state index contributed by atoms with van der Waals surface area (Å²) >= 11 is 5.79. The van der Waals surface area contributed by atoms with E-state index in [1.54, 1.807) is 17.0 Å². The van der Waals surface area contributed by atoms with Gasteiger partial charge in [0.2, 0.25) is 0 Å². The van der Waals surface area contributed by atoms with Crippen LogP contribution in [0, 0.1) is 11.3 Å². The summed E-state index contributed by atoms with van der Waals surface area (Å²) in [7, 11) is 0. The maximum atomic E-state index is 12.2. The molecule has 2 N–H and O–H groups in total. The molecule has 1 fully saturated rings. The van der Waals surface area contributed by atoms with Gasteiger partial charge < -0.3 is 15.4 Å². The number of nitrogens with zero attached hydrogens (tertiary/aromatic N) is 2. The fourth-order valence-corrected chi connectivity index (χ4v) is 1.99. The number of amides is 1. The van der Waals surface area contributed by atoms with Crippen LogP contribution in [-0.2, 0) is 4.74 Å². The van der Waals surface area contributed by atoms with E-state index in [1.165, 1.54) is 6.07 Å². The summed E-state index contributed by atoms with van der Waals surface area (Å²) in [6.07, 6.45) is -0.573. The van der Waals surface area contributed by atoms with E-state index >= 15 is 0 Å². The Balaban J connectivity index is 2.18. The fraction of sp³-hybridized carbons (Fsp3) is 0.333. The van der Waals surface area contributed by atoms with E-state index in [9.17, 15) is 4.79 Å². The van der Waals surface area contributed by atoms with Crippen LogP contribution >= 0.6 is 11.6 Å². The monoisotopic (exact) mass is 265 g/mol. The Hall–Kier alpha value is -1.77. The summed E-state index contributed by atoms with van der Waals surface area (Å²) in [4.78, 5) is 13.8. The molecule has 1 aromatic carbocycles. The van der Waals surface area contributed by atoms with Crippen molar-refractivity contribution in [3.05, 3.63) is 28.8 Å². The highest BCUT2D eigenvalue weighted by Gasteiger charge is 2.25. The first-order valence-electron chi connectivity index (χ1n) is 5.47. The SMILES string of the molecule is N#CC1CN(C(=O)c2ccc(Cl)cc2N)CCO1. The van der Waals surface area contributed by atoms with Crippen molar-refractivity contribution in [2.24, 2.45) is 0 Å². The van der Waals surface area contributed by atoms with Gasteiger partial charge in [0.1, 0.15) is 0 Å². The Bertz CT molecular complexity index is 513. The zero-order valence-corrected chi connectivity index (χ0v) is 10.4. The molecule has 1 aliphatic heterocycles. The lowest BCUT2D eigenvalue weighted by Gasteiger charge is -2.30. The topological polar surface area (TPSA) is 79.4 Å². The maximum Gasteiger partial charge on any atom is 0.256 e. The number of hydrogen-bond donors (Lipinski definition) is 1. The molecule has 1 atom stereocenters. The minimum absolute atomic E-state index is 0.201. The number of rotatable bonds is 1. The van der Waals surface area contributed by atoms with Crippen LogP contribution < -0.4 is 5.73 Å². The van der Waals surface area contributed by atoms with Crippen molar-refractivity contribution in [3.63, 3.8) is 0 Å². The van der Waals surface area contributed by atoms with E-state index in [-0.39, 0.29) is 12.5 Å². The Kier molecular flexibility index (Phi) is 3.70. The number of morpholine rings is 1. The number of anilines is 1. The summed E-state index contributed by atoms with van der Waals surface area (Å²) < 4.78 is 5.19. The molecule has 1 heterocycles. The van der Waals surface area contributed by atoms with Crippen molar-refractivity contribution < 1.29 is 9.53 Å². The average Bonchev–Trinajstić information content (AvgIpc) is 2.38. The number of carbonyl (C=O) groups excluding carboxylic acids is 1. The molecule has 0 bridgehead atoms. The van der Waals surface area contributed by atoms with Crippen molar-refractivity contribution in [1.29, 1.82) is 5.26 Å². The van der Waals surface area contributed by atoms with Gasteiger partial charge in [0, 0.05) is 17.3 Å². The summed E-state index contributed by atoms with van der Waals surface area (Å²) in [5, 5.41) is 9.28. The van der Waals surface area contributed by atoms with Crippen LogP contribution in [0.1, 0.15) is 10.4 Å². The lowest BCUT2D eigenvalue weighted by Crippen LogP contribution is -2.45. The molecule has 0 aromatic heterocycles. The molecule has 0 saturated carbocycles. The maximum absolute atomic E-state index is 12.2. The van der Waals surface area contributed by atoms with E-state index in [4.69, 9.17) is 27.3 Å². The fourth-order valence-electron chi connectivity index (χ4n) is 1.81. The molecule has 0 aliphatic carbocycles. The largest absolute Gasteiger partial charge is 0.398 e. The minimum Gasteiger partial charge on any atom is -0.398 e. The lowest BCUT2D eigenvalue weighted by molar-refractivity contribution is 0.00351. The first kappa shape index (κ1) is 12.7. The van der Waals surface area contributed by atoms with Crippen molar-refractivity contribution in [2.45, 2.75) is 6.10 Å². The molecule has 5 nitrogen and oxygen atoms in total. The summed E-state index contributed by atoms with van der Waals surface area (Å²) in [6, 6.07) is 6.75. The predicted octanol–water partition coefficient (Wildman–Crippen LogP) is 1.29. The molecule has 1 amide bonds. The number of benzene rings is 1. The van der Waals surface area contributed by atoms with Crippen LogP contribution in [-0.4, -0.2) is 36.6 Å². The van der Waals surface area contributed by atoms with Gasteiger partial charge in [-0.1, -0.05) is 11.6 Å². The molecule has 0 spiro atoms. The first-order valence-corrected chi connectivity index (χ1v) is 5.85. The van der Waals surface area contributed by atoms with Crippen LogP contribution in [0.4, 0.5) is 5.69 Å². The number of carbonyl (C=O) groups is 1. The van der Waals surface area contributed by atoms with Gasteiger partial charge in [-0.05, 0) is 18.2 Å². The van der Waals surface area contributed by atoms with Crippen molar-refractivity contribution >= 4 is 23.2 Å². The van der Waals surface area contributed by atoms with E-state index in [2.05, 4.69) is 0 Å². The normalized spacial score (nSPS) is 19.3. The zero-order valence-electron chi connectivity index (χ0n) is 9.60. The standard InChI is InChI=1S/C12H12ClN3O2/c13-8-1-2-10(11(15)5-8)12(17)16-3-4-18-9(6-14)7-16/h1-2,5,9H,3-4,7,15H2. The molecule has 0 radical (unpaired) electrons. The second-order valence-corrected chi connectivity index (χ2v) is 4.41. The van der Waals surface area contributed by atoms with Gasteiger partial charge in [0.05, 0.1) is 24.8 Å². The number of nitrogen functional groups attached to an aromatic ring is 1. The van der Waals surface area contributed by atoms with E-state index in [0.29, 0.717) is 29.4 Å². The van der Waals surface area contributed by atoms with E-state index in [0.717, 1.165) is 0 Å². The average molecular weight is 266 g/mol. The first-order chi connectivity index (χ1) is 8.61. The number of ether oxygens (including phenoxy) is 1. The van der Waals surface area contributed by atoms with Crippen LogP contribution in [0.2, 0.25) is 5.02 Å². The summed E-state index contributed by atoms with van der Waals surface area (Å²) in [6.45, 7) is 1.08. The second kappa shape index (κ2) is 5.25. The molecular weight excluding hydrogens is 254 g/mol. The van der Waals surface area contributed by atoms with Crippen molar-refractivity contribution in [3.8, 4) is 6.07 Å².